The Hall–Kier alpha value is -3.29. The molecule has 2 bridgehead atoms. The van der Waals surface area contributed by atoms with Crippen LogP contribution >= 0.6 is 11.3 Å². The van der Waals surface area contributed by atoms with Crippen molar-refractivity contribution in [2.24, 2.45) is 0 Å². The lowest BCUT2D eigenvalue weighted by atomic mass is 9.97. The monoisotopic (exact) mass is 491 g/mol. The zero-order valence-corrected chi connectivity index (χ0v) is 20.9. The Kier molecular flexibility index (Phi) is 6.30. The number of thiazole rings is 1. The highest BCUT2D eigenvalue weighted by molar-refractivity contribution is 7.16. The van der Waals surface area contributed by atoms with Gasteiger partial charge in [-0.3, -0.25) is 14.7 Å². The van der Waals surface area contributed by atoms with Gasteiger partial charge in [-0.25, -0.2) is 9.97 Å². The SMILES string of the molecule is CC(C)(C)OC(=O)CN1[C@@H]2CC[C@H]1C[C@H](Nc1nc(Nc3ncc(C#N)s3)cc3ncccc13)C2. The molecule has 0 aromatic carbocycles. The number of nitrogens with zero attached hydrogens (tertiary/aromatic N) is 5. The van der Waals surface area contributed by atoms with Crippen LogP contribution in [0.2, 0.25) is 0 Å². The van der Waals surface area contributed by atoms with E-state index in [1.54, 1.807) is 12.4 Å². The molecule has 2 N–H and O–H groups in total. The van der Waals surface area contributed by atoms with E-state index >= 15 is 0 Å². The summed E-state index contributed by atoms with van der Waals surface area (Å²) in [7, 11) is 0. The van der Waals surface area contributed by atoms with Crippen molar-refractivity contribution in [3.8, 4) is 6.07 Å². The van der Waals surface area contributed by atoms with Gasteiger partial charge in [0.05, 0.1) is 18.3 Å². The molecule has 3 aromatic heterocycles. The van der Waals surface area contributed by atoms with Crippen LogP contribution in [0.25, 0.3) is 10.9 Å². The molecule has 5 heterocycles. The molecule has 35 heavy (non-hydrogen) atoms. The van der Waals surface area contributed by atoms with Gasteiger partial charge in [-0.2, -0.15) is 5.26 Å². The fourth-order valence-corrected chi connectivity index (χ4v) is 5.73. The minimum atomic E-state index is -0.468. The second kappa shape index (κ2) is 9.40. The molecule has 2 saturated heterocycles. The number of nitriles is 1. The number of rotatable bonds is 6. The quantitative estimate of drug-likeness (QED) is 0.482. The number of pyridine rings is 2. The van der Waals surface area contributed by atoms with Crippen LogP contribution in [-0.4, -0.2) is 56.1 Å². The van der Waals surface area contributed by atoms with E-state index in [1.165, 1.54) is 11.3 Å². The number of anilines is 3. The summed E-state index contributed by atoms with van der Waals surface area (Å²) in [5.41, 5.74) is 0.361. The summed E-state index contributed by atoms with van der Waals surface area (Å²) in [6.45, 7) is 6.06. The molecule has 2 fully saturated rings. The molecule has 3 atom stereocenters. The van der Waals surface area contributed by atoms with Gasteiger partial charge >= 0.3 is 5.97 Å². The summed E-state index contributed by atoms with van der Waals surface area (Å²) < 4.78 is 5.56. The Balaban J connectivity index is 1.32. The van der Waals surface area contributed by atoms with Crippen molar-refractivity contribution >= 4 is 45.0 Å². The fraction of sp³-hybridized carbons (Fsp3) is 0.480. The highest BCUT2D eigenvalue weighted by atomic mass is 32.1. The number of hydrogen-bond donors (Lipinski definition) is 2. The van der Waals surface area contributed by atoms with Gasteiger partial charge in [-0.15, -0.1) is 0 Å². The maximum atomic E-state index is 12.4. The average molecular weight is 492 g/mol. The third-order valence-electron chi connectivity index (χ3n) is 6.41. The first-order chi connectivity index (χ1) is 16.8. The van der Waals surface area contributed by atoms with Crippen LogP contribution in [0.1, 0.15) is 51.3 Å². The number of carbonyl (C=O) groups excluding carboxylic acids is 1. The van der Waals surface area contributed by atoms with E-state index in [0.717, 1.165) is 42.4 Å². The number of aromatic nitrogens is 3. The lowest BCUT2D eigenvalue weighted by Gasteiger charge is -2.39. The van der Waals surface area contributed by atoms with Gasteiger partial charge in [0.15, 0.2) is 5.13 Å². The van der Waals surface area contributed by atoms with E-state index in [-0.39, 0.29) is 12.0 Å². The van der Waals surface area contributed by atoms with E-state index in [9.17, 15) is 4.79 Å². The number of ether oxygens (including phenoxy) is 1. The first-order valence-corrected chi connectivity index (χ1v) is 12.7. The summed E-state index contributed by atoms with van der Waals surface area (Å²) >= 11 is 1.28. The van der Waals surface area contributed by atoms with Gasteiger partial charge in [0.1, 0.15) is 28.2 Å². The number of carbonyl (C=O) groups is 1. The average Bonchev–Trinajstić information content (AvgIpc) is 3.33. The lowest BCUT2D eigenvalue weighted by Crippen LogP contribution is -2.49. The Morgan fingerprint density at radius 2 is 2.06 bits per heavy atom. The number of fused-ring (bicyclic) bond motifs is 3. The maximum Gasteiger partial charge on any atom is 0.320 e. The first kappa shape index (κ1) is 23.5. The fourth-order valence-electron chi connectivity index (χ4n) is 5.11. The number of esters is 1. The summed E-state index contributed by atoms with van der Waals surface area (Å²) in [6.07, 6.45) is 7.38. The molecule has 9 nitrogen and oxygen atoms in total. The Labute approximate surface area is 208 Å². The summed E-state index contributed by atoms with van der Waals surface area (Å²) in [6, 6.07) is 8.88. The predicted molar refractivity (Wildman–Crippen MR) is 136 cm³/mol. The minimum Gasteiger partial charge on any atom is -0.459 e. The van der Waals surface area contributed by atoms with E-state index in [4.69, 9.17) is 15.0 Å². The lowest BCUT2D eigenvalue weighted by molar-refractivity contribution is -0.157. The van der Waals surface area contributed by atoms with Gasteiger partial charge in [-0.1, -0.05) is 11.3 Å². The zero-order chi connectivity index (χ0) is 24.6. The molecule has 0 unspecified atom stereocenters. The molecule has 0 amide bonds. The van der Waals surface area contributed by atoms with Crippen molar-refractivity contribution in [1.82, 2.24) is 19.9 Å². The molecular formula is C25H29N7O2S. The third-order valence-corrected chi connectivity index (χ3v) is 7.22. The Morgan fingerprint density at radius 3 is 2.74 bits per heavy atom. The Morgan fingerprint density at radius 1 is 1.29 bits per heavy atom. The van der Waals surface area contributed by atoms with Gasteiger partial charge in [0.2, 0.25) is 0 Å². The van der Waals surface area contributed by atoms with Crippen LogP contribution in [0.4, 0.5) is 16.8 Å². The smallest absolute Gasteiger partial charge is 0.320 e. The van der Waals surface area contributed by atoms with Crippen molar-refractivity contribution in [2.75, 3.05) is 17.2 Å². The normalized spacial score (nSPS) is 22.1. The molecule has 0 spiro atoms. The predicted octanol–water partition coefficient (Wildman–Crippen LogP) is 4.45. The van der Waals surface area contributed by atoms with Gasteiger partial charge in [-0.05, 0) is 58.6 Å². The van der Waals surface area contributed by atoms with Gasteiger partial charge in [0.25, 0.3) is 0 Å². The van der Waals surface area contributed by atoms with E-state index in [2.05, 4.69) is 31.6 Å². The van der Waals surface area contributed by atoms with Crippen molar-refractivity contribution in [3.05, 3.63) is 35.5 Å². The number of piperidine rings is 1. The molecule has 5 rings (SSSR count). The van der Waals surface area contributed by atoms with E-state index in [0.29, 0.717) is 34.5 Å². The summed E-state index contributed by atoms with van der Waals surface area (Å²) in [5, 5.41) is 17.5. The minimum absolute atomic E-state index is 0.153. The van der Waals surface area contributed by atoms with Gasteiger partial charge < -0.3 is 15.4 Å². The summed E-state index contributed by atoms with van der Waals surface area (Å²) in [5.74, 6) is 1.25. The molecule has 0 saturated carbocycles. The molecule has 2 aliphatic rings. The molecule has 10 heteroatoms. The van der Waals surface area contributed by atoms with Crippen LogP contribution in [0.5, 0.6) is 0 Å². The first-order valence-electron chi connectivity index (χ1n) is 11.9. The highest BCUT2D eigenvalue weighted by Gasteiger charge is 2.42. The van der Waals surface area contributed by atoms with Gasteiger partial charge in [0, 0.05) is 35.8 Å². The molecule has 0 aliphatic carbocycles. The molecule has 0 radical (unpaired) electrons. The topological polar surface area (TPSA) is 116 Å². The van der Waals surface area contributed by atoms with Crippen LogP contribution < -0.4 is 10.6 Å². The van der Waals surface area contributed by atoms with Crippen LogP contribution in [-0.2, 0) is 9.53 Å². The van der Waals surface area contributed by atoms with E-state index < -0.39 is 5.60 Å². The number of nitrogens with one attached hydrogen (secondary N) is 2. The molecule has 2 aliphatic heterocycles. The van der Waals surface area contributed by atoms with Crippen molar-refractivity contribution in [3.63, 3.8) is 0 Å². The summed E-state index contributed by atoms with van der Waals surface area (Å²) in [4.78, 5) is 28.9. The largest absolute Gasteiger partial charge is 0.459 e. The zero-order valence-electron chi connectivity index (χ0n) is 20.1. The molecule has 182 valence electrons. The van der Waals surface area contributed by atoms with Crippen molar-refractivity contribution in [1.29, 1.82) is 5.26 Å². The number of hydrogen-bond acceptors (Lipinski definition) is 10. The standard InChI is InChI=1S/C25H29N7O2S/c1-25(2,3)34-22(33)14-32-16-6-7-17(32)10-15(9-16)29-23-19-5-4-8-27-20(19)11-21(30-23)31-24-28-13-18(12-26)35-24/h4-5,8,11,13,15-17H,6-7,9-10,14H2,1-3H3,(H2,28,29,30,31)/t15-,16-,17+. The van der Waals surface area contributed by atoms with E-state index in [1.807, 2.05) is 39.0 Å². The molecule has 3 aromatic rings. The van der Waals surface area contributed by atoms with Crippen LogP contribution in [0, 0.1) is 11.3 Å². The highest BCUT2D eigenvalue weighted by Crippen LogP contribution is 2.37. The van der Waals surface area contributed by atoms with Crippen molar-refractivity contribution in [2.45, 2.75) is 70.2 Å². The Bertz CT molecular complexity index is 1260. The van der Waals surface area contributed by atoms with Crippen LogP contribution in [0.15, 0.2) is 30.6 Å². The third kappa shape index (κ3) is 5.36. The second-order valence-corrected chi connectivity index (χ2v) is 11.2. The second-order valence-electron chi connectivity index (χ2n) is 10.1. The van der Waals surface area contributed by atoms with Crippen LogP contribution in [0.3, 0.4) is 0 Å². The molecular weight excluding hydrogens is 462 g/mol. The van der Waals surface area contributed by atoms with Crippen molar-refractivity contribution < 1.29 is 9.53 Å². The maximum absolute atomic E-state index is 12.4.